The number of aryl methyl sites for hydroxylation is 2. The van der Waals surface area contributed by atoms with E-state index in [1.165, 1.54) is 0 Å². The first-order valence-electron chi connectivity index (χ1n) is 10.1. The molecule has 4 aromatic rings. The van der Waals surface area contributed by atoms with E-state index in [0.29, 0.717) is 37.3 Å². The van der Waals surface area contributed by atoms with Gasteiger partial charge in [-0.15, -0.1) is 0 Å². The normalized spacial score (nSPS) is 11.1. The molecule has 0 aliphatic carbocycles. The van der Waals surface area contributed by atoms with Crippen LogP contribution in [-0.4, -0.2) is 42.0 Å². The van der Waals surface area contributed by atoms with Gasteiger partial charge in [-0.25, -0.2) is 9.78 Å². The molecule has 32 heavy (non-hydrogen) atoms. The van der Waals surface area contributed by atoms with Crippen LogP contribution in [0.3, 0.4) is 0 Å². The molecule has 1 aromatic carbocycles. The van der Waals surface area contributed by atoms with Crippen LogP contribution in [0.1, 0.15) is 18.4 Å². The highest BCUT2D eigenvalue weighted by Crippen LogP contribution is 2.20. The number of nitrogen functional groups attached to an aromatic ring is 1. The molecule has 0 radical (unpaired) electrons. The lowest BCUT2D eigenvalue weighted by Gasteiger charge is -2.09. The van der Waals surface area contributed by atoms with Crippen molar-refractivity contribution in [2.45, 2.75) is 25.9 Å². The summed E-state index contributed by atoms with van der Waals surface area (Å²) < 4.78 is 8.94. The predicted molar refractivity (Wildman–Crippen MR) is 121 cm³/mol. The van der Waals surface area contributed by atoms with Crippen LogP contribution in [0.2, 0.25) is 5.28 Å². The standard InChI is InChI=1S/C21H23ClN8O2/c1-29-16(7-8-26-29)15-6-4-5-14(11-15)12-24-21(31)32-10-3-2-9-30-13-25-17-18(23)27-20(22)28-19(17)30/h4-8,11,13H,2-3,9-10,12H2,1H3,(H,24,31)(H2,23,27,28). The van der Waals surface area contributed by atoms with E-state index in [1.807, 2.05) is 46.6 Å². The summed E-state index contributed by atoms with van der Waals surface area (Å²) in [6.07, 6.45) is 4.42. The minimum absolute atomic E-state index is 0.0858. The second-order valence-corrected chi connectivity index (χ2v) is 7.56. The molecule has 3 N–H and O–H groups in total. The van der Waals surface area contributed by atoms with Gasteiger partial charge < -0.3 is 20.4 Å². The van der Waals surface area contributed by atoms with Crippen molar-refractivity contribution < 1.29 is 9.53 Å². The lowest BCUT2D eigenvalue weighted by atomic mass is 10.1. The highest BCUT2D eigenvalue weighted by molar-refractivity contribution is 6.28. The molecule has 0 saturated carbocycles. The number of carbonyl (C=O) groups excluding carboxylic acids is 1. The van der Waals surface area contributed by atoms with Gasteiger partial charge in [-0.2, -0.15) is 15.1 Å². The zero-order valence-electron chi connectivity index (χ0n) is 17.5. The van der Waals surface area contributed by atoms with Crippen LogP contribution in [0.5, 0.6) is 0 Å². The van der Waals surface area contributed by atoms with Gasteiger partial charge in [0.05, 0.1) is 18.6 Å². The first-order chi connectivity index (χ1) is 15.5. The molecule has 0 aliphatic rings. The average Bonchev–Trinajstić information content (AvgIpc) is 3.38. The van der Waals surface area contributed by atoms with E-state index in [9.17, 15) is 4.79 Å². The molecule has 10 nitrogen and oxygen atoms in total. The summed E-state index contributed by atoms with van der Waals surface area (Å²) >= 11 is 5.88. The lowest BCUT2D eigenvalue weighted by molar-refractivity contribution is 0.143. The van der Waals surface area contributed by atoms with E-state index in [0.717, 1.165) is 23.2 Å². The molecule has 0 bridgehead atoms. The Labute approximate surface area is 189 Å². The largest absolute Gasteiger partial charge is 0.450 e. The van der Waals surface area contributed by atoms with Crippen LogP contribution in [0.25, 0.3) is 22.4 Å². The summed E-state index contributed by atoms with van der Waals surface area (Å²) in [7, 11) is 1.89. The van der Waals surface area contributed by atoms with E-state index in [1.54, 1.807) is 12.5 Å². The van der Waals surface area contributed by atoms with Crippen LogP contribution >= 0.6 is 11.6 Å². The zero-order chi connectivity index (χ0) is 22.5. The molecule has 4 rings (SSSR count). The number of nitrogens with one attached hydrogen (secondary N) is 1. The summed E-state index contributed by atoms with van der Waals surface area (Å²) in [5, 5.41) is 7.06. The van der Waals surface area contributed by atoms with Crippen LogP contribution < -0.4 is 11.1 Å². The third-order valence-electron chi connectivity index (χ3n) is 4.97. The lowest BCUT2D eigenvalue weighted by Crippen LogP contribution is -2.24. The van der Waals surface area contributed by atoms with Crippen molar-refractivity contribution in [2.75, 3.05) is 12.3 Å². The number of alkyl carbamates (subject to hydrolysis) is 1. The Morgan fingerprint density at radius 1 is 1.25 bits per heavy atom. The number of halogens is 1. The number of carbonyl (C=O) groups is 1. The third kappa shape index (κ3) is 4.97. The predicted octanol–water partition coefficient (Wildman–Crippen LogP) is 3.17. The minimum atomic E-state index is -0.448. The van der Waals surface area contributed by atoms with Crippen LogP contribution in [-0.2, 0) is 24.9 Å². The summed E-state index contributed by atoms with van der Waals surface area (Å²) in [4.78, 5) is 24.3. The molecule has 3 aromatic heterocycles. The fourth-order valence-corrected chi connectivity index (χ4v) is 3.55. The summed E-state index contributed by atoms with van der Waals surface area (Å²) in [5.41, 5.74) is 9.96. The Bertz CT molecular complexity index is 1240. The number of imidazole rings is 1. The van der Waals surface area contributed by atoms with Gasteiger partial charge in [-0.05, 0) is 42.1 Å². The van der Waals surface area contributed by atoms with Crippen LogP contribution in [0.15, 0.2) is 42.9 Å². The number of ether oxygens (including phenoxy) is 1. The van der Waals surface area contributed by atoms with Crippen molar-refractivity contribution in [3.63, 3.8) is 0 Å². The van der Waals surface area contributed by atoms with Crippen molar-refractivity contribution in [1.29, 1.82) is 0 Å². The topological polar surface area (TPSA) is 126 Å². The maximum Gasteiger partial charge on any atom is 0.407 e. The Morgan fingerprint density at radius 2 is 2.12 bits per heavy atom. The fraction of sp³-hybridized carbons (Fsp3) is 0.286. The van der Waals surface area contributed by atoms with Crippen molar-refractivity contribution >= 4 is 34.7 Å². The van der Waals surface area contributed by atoms with Gasteiger partial charge in [0.25, 0.3) is 0 Å². The van der Waals surface area contributed by atoms with Gasteiger partial charge in [0.1, 0.15) is 5.52 Å². The average molecular weight is 455 g/mol. The highest BCUT2D eigenvalue weighted by atomic mass is 35.5. The minimum Gasteiger partial charge on any atom is -0.450 e. The Morgan fingerprint density at radius 3 is 2.94 bits per heavy atom. The summed E-state index contributed by atoms with van der Waals surface area (Å²) in [5.74, 6) is 0.254. The second-order valence-electron chi connectivity index (χ2n) is 7.23. The third-order valence-corrected chi connectivity index (χ3v) is 5.14. The van der Waals surface area contributed by atoms with Crippen LogP contribution in [0.4, 0.5) is 10.6 Å². The molecule has 166 valence electrons. The Hall–Kier alpha value is -3.66. The fourth-order valence-electron chi connectivity index (χ4n) is 3.37. The van der Waals surface area contributed by atoms with Gasteiger partial charge in [0.15, 0.2) is 11.5 Å². The number of amides is 1. The van der Waals surface area contributed by atoms with Crippen molar-refractivity contribution in [3.05, 3.63) is 53.7 Å². The molecule has 3 heterocycles. The monoisotopic (exact) mass is 454 g/mol. The molecule has 1 amide bonds. The van der Waals surface area contributed by atoms with Gasteiger partial charge >= 0.3 is 6.09 Å². The maximum atomic E-state index is 12.0. The van der Waals surface area contributed by atoms with E-state index in [-0.39, 0.29) is 11.1 Å². The first kappa shape index (κ1) is 21.6. The van der Waals surface area contributed by atoms with E-state index in [2.05, 4.69) is 25.4 Å². The second kappa shape index (κ2) is 9.65. The maximum absolute atomic E-state index is 12.0. The number of hydrogen-bond donors (Lipinski definition) is 2. The number of fused-ring (bicyclic) bond motifs is 1. The summed E-state index contributed by atoms with van der Waals surface area (Å²) in [6.45, 7) is 1.34. The summed E-state index contributed by atoms with van der Waals surface area (Å²) in [6, 6.07) is 9.89. The van der Waals surface area contributed by atoms with E-state index in [4.69, 9.17) is 22.1 Å². The number of unbranched alkanes of at least 4 members (excludes halogenated alkanes) is 1. The van der Waals surface area contributed by atoms with Gasteiger partial charge in [-0.3, -0.25) is 4.68 Å². The molecule has 0 aliphatic heterocycles. The van der Waals surface area contributed by atoms with Gasteiger partial charge in [-0.1, -0.05) is 18.2 Å². The van der Waals surface area contributed by atoms with Crippen molar-refractivity contribution in [3.8, 4) is 11.3 Å². The van der Waals surface area contributed by atoms with E-state index < -0.39 is 6.09 Å². The molecule has 0 atom stereocenters. The number of hydrogen-bond acceptors (Lipinski definition) is 7. The molecule has 11 heteroatoms. The van der Waals surface area contributed by atoms with E-state index >= 15 is 0 Å². The number of aromatic nitrogens is 6. The molecular weight excluding hydrogens is 432 g/mol. The quantitative estimate of drug-likeness (QED) is 0.309. The van der Waals surface area contributed by atoms with Crippen molar-refractivity contribution in [1.82, 2.24) is 34.6 Å². The molecular formula is C21H23ClN8O2. The molecule has 0 saturated heterocycles. The number of anilines is 1. The van der Waals surface area contributed by atoms with Gasteiger partial charge in [0.2, 0.25) is 5.28 Å². The number of nitrogens with two attached hydrogens (primary N) is 1. The Kier molecular flexibility index (Phi) is 6.50. The highest BCUT2D eigenvalue weighted by Gasteiger charge is 2.10. The first-order valence-corrected chi connectivity index (χ1v) is 10.5. The zero-order valence-corrected chi connectivity index (χ0v) is 18.3. The molecule has 0 unspecified atom stereocenters. The number of nitrogens with zero attached hydrogens (tertiary/aromatic N) is 6. The SMILES string of the molecule is Cn1nccc1-c1cccc(CNC(=O)OCCCCn2cnc3c(N)nc(Cl)nc32)c1. The van der Waals surface area contributed by atoms with Crippen molar-refractivity contribution in [2.24, 2.45) is 7.05 Å². The van der Waals surface area contributed by atoms with Gasteiger partial charge in [0, 0.05) is 31.9 Å². The number of benzene rings is 1. The number of rotatable bonds is 8. The Balaban J connectivity index is 1.20. The molecule has 0 spiro atoms. The van der Waals surface area contributed by atoms with Crippen LogP contribution in [0, 0.1) is 0 Å². The molecule has 0 fully saturated rings. The smallest absolute Gasteiger partial charge is 0.407 e.